The predicted octanol–water partition coefficient (Wildman–Crippen LogP) is 1.85. The van der Waals surface area contributed by atoms with E-state index in [4.69, 9.17) is 5.73 Å². The summed E-state index contributed by atoms with van der Waals surface area (Å²) in [6, 6.07) is 5.78. The van der Waals surface area contributed by atoms with Gasteiger partial charge in [-0.1, -0.05) is 6.07 Å². The monoisotopic (exact) mass is 276 g/mol. The molecular weight excluding hydrogens is 268 g/mol. The Balaban J connectivity index is 1.96. The van der Waals surface area contributed by atoms with E-state index >= 15 is 0 Å². The molecular formula is C10H8N6S2. The molecule has 0 amide bonds. The van der Waals surface area contributed by atoms with Gasteiger partial charge in [-0.2, -0.15) is 20.1 Å². The molecule has 3 aromatic heterocycles. The quantitative estimate of drug-likeness (QED) is 0.786. The van der Waals surface area contributed by atoms with Gasteiger partial charge in [0.1, 0.15) is 0 Å². The SMILES string of the molecule is Nc1nc(Sc2cccs2)nc(-n2cccn2)n1. The third-order valence-electron chi connectivity index (χ3n) is 2.02. The molecule has 0 aliphatic rings. The molecule has 6 nitrogen and oxygen atoms in total. The second-order valence-corrected chi connectivity index (χ2v) is 5.48. The fourth-order valence-corrected chi connectivity index (χ4v) is 2.93. The minimum absolute atomic E-state index is 0.189. The van der Waals surface area contributed by atoms with Crippen molar-refractivity contribution in [1.29, 1.82) is 0 Å². The third kappa shape index (κ3) is 2.34. The second-order valence-electron chi connectivity index (χ2n) is 3.26. The van der Waals surface area contributed by atoms with Gasteiger partial charge in [0.25, 0.3) is 5.95 Å². The average Bonchev–Trinajstić information content (AvgIpc) is 3.00. The zero-order valence-electron chi connectivity index (χ0n) is 9.09. The molecule has 0 atom stereocenters. The van der Waals surface area contributed by atoms with E-state index in [9.17, 15) is 0 Å². The number of rotatable bonds is 3. The lowest BCUT2D eigenvalue weighted by Crippen LogP contribution is -2.07. The predicted molar refractivity (Wildman–Crippen MR) is 69.8 cm³/mol. The van der Waals surface area contributed by atoms with Gasteiger partial charge < -0.3 is 5.73 Å². The first-order chi connectivity index (χ1) is 8.81. The number of hydrogen-bond acceptors (Lipinski definition) is 7. The van der Waals surface area contributed by atoms with Crippen LogP contribution in [0.25, 0.3) is 5.95 Å². The number of nitrogens with zero attached hydrogens (tertiary/aromatic N) is 5. The fourth-order valence-electron chi connectivity index (χ4n) is 1.31. The van der Waals surface area contributed by atoms with E-state index in [1.807, 2.05) is 17.5 Å². The van der Waals surface area contributed by atoms with Crippen LogP contribution in [0.1, 0.15) is 0 Å². The van der Waals surface area contributed by atoms with Crippen molar-refractivity contribution in [2.45, 2.75) is 9.37 Å². The van der Waals surface area contributed by atoms with E-state index in [1.54, 1.807) is 34.5 Å². The van der Waals surface area contributed by atoms with E-state index in [2.05, 4.69) is 20.1 Å². The van der Waals surface area contributed by atoms with Crippen LogP contribution in [0.4, 0.5) is 5.95 Å². The largest absolute Gasteiger partial charge is 0.368 e. The van der Waals surface area contributed by atoms with E-state index in [0.717, 1.165) is 4.21 Å². The van der Waals surface area contributed by atoms with Crippen LogP contribution in [0.3, 0.4) is 0 Å². The number of aromatic nitrogens is 5. The Hall–Kier alpha value is -1.93. The molecule has 0 unspecified atom stereocenters. The summed E-state index contributed by atoms with van der Waals surface area (Å²) in [5.41, 5.74) is 5.68. The Morgan fingerprint density at radius 2 is 2.17 bits per heavy atom. The average molecular weight is 276 g/mol. The lowest BCUT2D eigenvalue weighted by molar-refractivity contribution is 0.764. The molecule has 0 saturated heterocycles. The van der Waals surface area contributed by atoms with Crippen LogP contribution in [-0.4, -0.2) is 24.7 Å². The Morgan fingerprint density at radius 3 is 2.89 bits per heavy atom. The van der Waals surface area contributed by atoms with E-state index in [-0.39, 0.29) is 5.95 Å². The van der Waals surface area contributed by atoms with Gasteiger partial charge in [0.2, 0.25) is 5.95 Å². The molecule has 0 aliphatic carbocycles. The van der Waals surface area contributed by atoms with Crippen molar-refractivity contribution in [2.75, 3.05) is 5.73 Å². The van der Waals surface area contributed by atoms with Crippen molar-refractivity contribution in [2.24, 2.45) is 0 Å². The Kier molecular flexibility index (Phi) is 2.95. The zero-order chi connectivity index (χ0) is 12.4. The second kappa shape index (κ2) is 4.75. The normalized spacial score (nSPS) is 10.7. The van der Waals surface area contributed by atoms with Crippen LogP contribution in [0, 0.1) is 0 Å². The topological polar surface area (TPSA) is 82.5 Å². The first-order valence-corrected chi connectivity index (χ1v) is 6.74. The van der Waals surface area contributed by atoms with Crippen molar-refractivity contribution in [1.82, 2.24) is 24.7 Å². The summed E-state index contributed by atoms with van der Waals surface area (Å²) >= 11 is 3.08. The van der Waals surface area contributed by atoms with Gasteiger partial charge in [-0.3, -0.25) is 0 Å². The van der Waals surface area contributed by atoms with Crippen molar-refractivity contribution in [3.8, 4) is 5.95 Å². The standard InChI is InChI=1S/C10H8N6S2/c11-8-13-9(16-5-2-4-12-16)15-10(14-8)18-7-3-1-6-17-7/h1-6H,(H2,11,13,14,15). The molecule has 0 aromatic carbocycles. The summed E-state index contributed by atoms with van der Waals surface area (Å²) < 4.78 is 2.66. The van der Waals surface area contributed by atoms with Gasteiger partial charge in [-0.25, -0.2) is 4.68 Å². The molecule has 0 radical (unpaired) electrons. The van der Waals surface area contributed by atoms with E-state index in [0.29, 0.717) is 11.1 Å². The molecule has 3 rings (SSSR count). The molecule has 0 fully saturated rings. The summed E-state index contributed by atoms with van der Waals surface area (Å²) in [5, 5.41) is 6.63. The Bertz CT molecular complexity index is 634. The highest BCUT2D eigenvalue weighted by Gasteiger charge is 2.08. The van der Waals surface area contributed by atoms with Gasteiger partial charge in [0.05, 0.1) is 4.21 Å². The van der Waals surface area contributed by atoms with Gasteiger partial charge >= 0.3 is 0 Å². The van der Waals surface area contributed by atoms with E-state index in [1.165, 1.54) is 11.8 Å². The molecule has 8 heteroatoms. The molecule has 0 spiro atoms. The fraction of sp³-hybridized carbons (Fsp3) is 0. The van der Waals surface area contributed by atoms with Crippen molar-refractivity contribution < 1.29 is 0 Å². The molecule has 0 bridgehead atoms. The number of nitrogen functional groups attached to an aromatic ring is 1. The van der Waals surface area contributed by atoms with Crippen LogP contribution in [0.15, 0.2) is 45.3 Å². The molecule has 2 N–H and O–H groups in total. The van der Waals surface area contributed by atoms with Gasteiger partial charge in [-0.15, -0.1) is 11.3 Å². The minimum atomic E-state index is 0.189. The zero-order valence-corrected chi connectivity index (χ0v) is 10.7. The highest BCUT2D eigenvalue weighted by Crippen LogP contribution is 2.29. The Morgan fingerprint density at radius 1 is 1.22 bits per heavy atom. The molecule has 18 heavy (non-hydrogen) atoms. The number of nitrogens with two attached hydrogens (primary N) is 1. The lowest BCUT2D eigenvalue weighted by Gasteiger charge is -2.03. The van der Waals surface area contributed by atoms with Crippen molar-refractivity contribution in [3.05, 3.63) is 36.0 Å². The number of anilines is 1. The molecule has 90 valence electrons. The minimum Gasteiger partial charge on any atom is -0.368 e. The number of hydrogen-bond donors (Lipinski definition) is 1. The summed E-state index contributed by atoms with van der Waals surface area (Å²) in [4.78, 5) is 12.5. The lowest BCUT2D eigenvalue weighted by atomic mass is 10.7. The van der Waals surface area contributed by atoms with Crippen molar-refractivity contribution in [3.63, 3.8) is 0 Å². The smallest absolute Gasteiger partial charge is 0.256 e. The maximum absolute atomic E-state index is 5.68. The van der Waals surface area contributed by atoms with Crippen LogP contribution in [0.2, 0.25) is 0 Å². The first kappa shape index (κ1) is 11.2. The highest BCUT2D eigenvalue weighted by atomic mass is 32.2. The maximum Gasteiger partial charge on any atom is 0.256 e. The summed E-state index contributed by atoms with van der Waals surface area (Å²) in [6.45, 7) is 0. The Labute approximate surface area is 111 Å². The third-order valence-corrected chi connectivity index (χ3v) is 3.92. The van der Waals surface area contributed by atoms with Crippen LogP contribution < -0.4 is 5.73 Å². The maximum atomic E-state index is 5.68. The molecule has 3 aromatic rings. The summed E-state index contributed by atoms with van der Waals surface area (Å²) in [5.74, 6) is 0.612. The highest BCUT2D eigenvalue weighted by molar-refractivity contribution is 8.01. The van der Waals surface area contributed by atoms with Crippen LogP contribution in [-0.2, 0) is 0 Å². The summed E-state index contributed by atoms with van der Waals surface area (Å²) in [6.07, 6.45) is 3.42. The van der Waals surface area contributed by atoms with Gasteiger partial charge in [0, 0.05) is 12.4 Å². The number of thiophene rings is 1. The van der Waals surface area contributed by atoms with Gasteiger partial charge in [-0.05, 0) is 29.3 Å². The first-order valence-electron chi connectivity index (χ1n) is 5.04. The molecule has 0 saturated carbocycles. The summed E-state index contributed by atoms with van der Waals surface area (Å²) in [7, 11) is 0. The van der Waals surface area contributed by atoms with Crippen molar-refractivity contribution >= 4 is 29.0 Å². The van der Waals surface area contributed by atoms with E-state index < -0.39 is 0 Å². The van der Waals surface area contributed by atoms with Gasteiger partial charge in [0.15, 0.2) is 5.16 Å². The van der Waals surface area contributed by atoms with Crippen LogP contribution >= 0.6 is 23.1 Å². The van der Waals surface area contributed by atoms with Crippen LogP contribution in [0.5, 0.6) is 0 Å². The molecule has 0 aliphatic heterocycles. The molecule has 3 heterocycles.